The molecule has 2 fully saturated rings. The zero-order chi connectivity index (χ0) is 20.8. The van der Waals surface area contributed by atoms with Crippen molar-refractivity contribution in [3.05, 3.63) is 60.1 Å². The first-order valence-electron chi connectivity index (χ1n) is 11.0. The summed E-state index contributed by atoms with van der Waals surface area (Å²) in [4.78, 5) is 31.3. The fraction of sp³-hybridized carbons (Fsp3) is 0.500. The molecule has 0 saturated carbocycles. The fourth-order valence-corrected chi connectivity index (χ4v) is 4.45. The van der Waals surface area contributed by atoms with Crippen molar-refractivity contribution in [3.63, 3.8) is 0 Å². The van der Waals surface area contributed by atoms with Crippen molar-refractivity contribution >= 4 is 11.7 Å². The molecule has 1 aromatic carbocycles. The van der Waals surface area contributed by atoms with Crippen molar-refractivity contribution in [3.8, 4) is 0 Å². The van der Waals surface area contributed by atoms with Gasteiger partial charge in [0.05, 0.1) is 19.4 Å². The number of hydrogen-bond donors (Lipinski definition) is 0. The largest absolute Gasteiger partial charge is 0.461 e. The van der Waals surface area contributed by atoms with E-state index in [1.54, 1.807) is 12.1 Å². The van der Waals surface area contributed by atoms with Gasteiger partial charge in [0, 0.05) is 39.3 Å². The number of piperazine rings is 1. The summed E-state index contributed by atoms with van der Waals surface area (Å²) in [6.07, 6.45) is 4.81. The maximum absolute atomic E-state index is 12.8. The molecule has 160 valence electrons. The molecule has 3 heterocycles. The van der Waals surface area contributed by atoms with E-state index in [-0.39, 0.29) is 11.7 Å². The van der Waals surface area contributed by atoms with Crippen LogP contribution in [0, 0.1) is 5.92 Å². The van der Waals surface area contributed by atoms with Crippen LogP contribution in [0.5, 0.6) is 0 Å². The summed E-state index contributed by atoms with van der Waals surface area (Å²) in [7, 11) is 0. The van der Waals surface area contributed by atoms with Crippen molar-refractivity contribution < 1.29 is 14.0 Å². The Balaban J connectivity index is 1.15. The number of carbonyl (C=O) groups excluding carboxylic acids is 2. The molecular formula is C24H31N3O3. The minimum atomic E-state index is 0.0166. The number of hydrogen-bond acceptors (Lipinski definition) is 5. The highest BCUT2D eigenvalue weighted by molar-refractivity contribution is 5.95. The Hall–Kier alpha value is -2.44. The summed E-state index contributed by atoms with van der Waals surface area (Å²) in [6.45, 7) is 5.86. The van der Waals surface area contributed by atoms with Gasteiger partial charge in [0.1, 0.15) is 0 Å². The SMILES string of the molecule is O=C(CN1CCN(CC(=O)N2CCC(Cc3ccccc3)CC2)CC1)c1ccco1. The van der Waals surface area contributed by atoms with Crippen LogP contribution in [0.3, 0.4) is 0 Å². The van der Waals surface area contributed by atoms with Gasteiger partial charge < -0.3 is 9.32 Å². The number of benzene rings is 1. The zero-order valence-electron chi connectivity index (χ0n) is 17.5. The van der Waals surface area contributed by atoms with Gasteiger partial charge in [-0.1, -0.05) is 30.3 Å². The van der Waals surface area contributed by atoms with Crippen LogP contribution in [0.2, 0.25) is 0 Å². The van der Waals surface area contributed by atoms with E-state index < -0.39 is 0 Å². The number of piperidine rings is 1. The average molecular weight is 410 g/mol. The average Bonchev–Trinajstić information content (AvgIpc) is 3.31. The predicted octanol–water partition coefficient (Wildman–Crippen LogP) is 2.56. The summed E-state index contributed by atoms with van der Waals surface area (Å²) >= 11 is 0. The van der Waals surface area contributed by atoms with E-state index in [2.05, 4.69) is 40.1 Å². The van der Waals surface area contributed by atoms with Gasteiger partial charge in [-0.05, 0) is 42.9 Å². The van der Waals surface area contributed by atoms with Gasteiger partial charge in [-0.3, -0.25) is 19.4 Å². The lowest BCUT2D eigenvalue weighted by Crippen LogP contribution is -2.51. The highest BCUT2D eigenvalue weighted by atomic mass is 16.3. The summed E-state index contributed by atoms with van der Waals surface area (Å²) in [5, 5.41) is 0. The zero-order valence-corrected chi connectivity index (χ0v) is 17.5. The molecule has 4 rings (SSSR count). The fourth-order valence-electron chi connectivity index (χ4n) is 4.45. The summed E-state index contributed by atoms with van der Waals surface area (Å²) < 4.78 is 5.18. The molecule has 0 atom stereocenters. The lowest BCUT2D eigenvalue weighted by molar-refractivity contribution is -0.134. The number of nitrogens with zero attached hydrogens (tertiary/aromatic N) is 3. The molecular weight excluding hydrogens is 378 g/mol. The molecule has 0 N–H and O–H groups in total. The third-order valence-corrected chi connectivity index (χ3v) is 6.32. The van der Waals surface area contributed by atoms with Crippen LogP contribution in [0.25, 0.3) is 0 Å². The molecule has 0 spiro atoms. The van der Waals surface area contributed by atoms with Crippen molar-refractivity contribution in [2.24, 2.45) is 5.92 Å². The number of likely N-dealkylation sites (tertiary alicyclic amines) is 1. The second-order valence-electron chi connectivity index (χ2n) is 8.47. The van der Waals surface area contributed by atoms with Crippen molar-refractivity contribution in [2.45, 2.75) is 19.3 Å². The lowest BCUT2D eigenvalue weighted by atomic mass is 9.90. The highest BCUT2D eigenvalue weighted by Gasteiger charge is 2.26. The van der Waals surface area contributed by atoms with Gasteiger partial charge in [0.25, 0.3) is 0 Å². The highest BCUT2D eigenvalue weighted by Crippen LogP contribution is 2.22. The van der Waals surface area contributed by atoms with Crippen molar-refractivity contribution in [1.29, 1.82) is 0 Å². The molecule has 6 heteroatoms. The van der Waals surface area contributed by atoms with Crippen LogP contribution in [0.1, 0.15) is 29.0 Å². The van der Waals surface area contributed by atoms with Crippen molar-refractivity contribution in [1.82, 2.24) is 14.7 Å². The van der Waals surface area contributed by atoms with Gasteiger partial charge in [-0.25, -0.2) is 0 Å². The van der Waals surface area contributed by atoms with E-state index in [4.69, 9.17) is 4.42 Å². The molecule has 1 amide bonds. The Morgan fingerprint density at radius 1 is 0.833 bits per heavy atom. The van der Waals surface area contributed by atoms with Crippen LogP contribution in [-0.4, -0.2) is 78.7 Å². The minimum absolute atomic E-state index is 0.0166. The van der Waals surface area contributed by atoms with E-state index in [1.165, 1.54) is 11.8 Å². The smallest absolute Gasteiger partial charge is 0.236 e. The standard InChI is InChI=1S/C24H31N3O3/c28-22(23-7-4-16-30-23)18-25-12-14-26(15-13-25)19-24(29)27-10-8-21(9-11-27)17-20-5-2-1-3-6-20/h1-7,16,21H,8-15,17-19H2. The van der Waals surface area contributed by atoms with Gasteiger partial charge in [0.15, 0.2) is 5.76 Å². The van der Waals surface area contributed by atoms with E-state index in [0.717, 1.165) is 58.5 Å². The first-order chi connectivity index (χ1) is 14.7. The monoisotopic (exact) mass is 409 g/mol. The molecule has 2 aliphatic heterocycles. The Morgan fingerprint density at radius 2 is 1.50 bits per heavy atom. The quantitative estimate of drug-likeness (QED) is 0.658. The van der Waals surface area contributed by atoms with Crippen LogP contribution >= 0.6 is 0 Å². The van der Waals surface area contributed by atoms with Crippen LogP contribution < -0.4 is 0 Å². The first-order valence-corrected chi connectivity index (χ1v) is 11.0. The predicted molar refractivity (Wildman–Crippen MR) is 115 cm³/mol. The van der Waals surface area contributed by atoms with Gasteiger partial charge >= 0.3 is 0 Å². The topological polar surface area (TPSA) is 57.0 Å². The van der Waals surface area contributed by atoms with Gasteiger partial charge in [-0.15, -0.1) is 0 Å². The number of furan rings is 1. The number of ketones is 1. The van der Waals surface area contributed by atoms with Gasteiger partial charge in [0.2, 0.25) is 11.7 Å². The number of rotatable bonds is 7. The maximum atomic E-state index is 12.8. The first kappa shape index (κ1) is 20.8. The Kier molecular flexibility index (Phi) is 6.97. The molecule has 2 saturated heterocycles. The molecule has 6 nitrogen and oxygen atoms in total. The summed E-state index contributed by atoms with van der Waals surface area (Å²) in [6, 6.07) is 14.1. The second kappa shape index (κ2) is 10.0. The molecule has 2 aromatic rings. The molecule has 0 radical (unpaired) electrons. The molecule has 1 aromatic heterocycles. The number of carbonyl (C=O) groups is 2. The number of amides is 1. The van der Waals surface area contributed by atoms with Crippen LogP contribution in [-0.2, 0) is 11.2 Å². The Labute approximate surface area is 178 Å². The number of Topliss-reactive ketones (excluding diaryl/α,β-unsaturated/α-hetero) is 1. The molecule has 2 aliphatic rings. The molecule has 0 aliphatic carbocycles. The van der Waals surface area contributed by atoms with E-state index in [0.29, 0.717) is 24.8 Å². The van der Waals surface area contributed by atoms with Crippen LogP contribution in [0.4, 0.5) is 0 Å². The third-order valence-electron chi connectivity index (χ3n) is 6.32. The van der Waals surface area contributed by atoms with Crippen LogP contribution in [0.15, 0.2) is 53.1 Å². The van der Waals surface area contributed by atoms with E-state index in [9.17, 15) is 9.59 Å². The van der Waals surface area contributed by atoms with E-state index in [1.807, 2.05) is 4.90 Å². The molecule has 0 unspecified atom stereocenters. The summed E-state index contributed by atoms with van der Waals surface area (Å²) in [5.74, 6) is 1.35. The summed E-state index contributed by atoms with van der Waals surface area (Å²) in [5.41, 5.74) is 1.39. The Bertz CT molecular complexity index is 805. The second-order valence-corrected chi connectivity index (χ2v) is 8.47. The lowest BCUT2D eigenvalue weighted by Gasteiger charge is -2.36. The normalized spacial score (nSPS) is 19.1. The minimum Gasteiger partial charge on any atom is -0.461 e. The third kappa shape index (κ3) is 5.58. The Morgan fingerprint density at radius 3 is 2.13 bits per heavy atom. The molecule has 0 bridgehead atoms. The van der Waals surface area contributed by atoms with Crippen molar-refractivity contribution in [2.75, 3.05) is 52.4 Å². The van der Waals surface area contributed by atoms with E-state index >= 15 is 0 Å². The maximum Gasteiger partial charge on any atom is 0.236 e. The molecule has 30 heavy (non-hydrogen) atoms. The van der Waals surface area contributed by atoms with Gasteiger partial charge in [-0.2, -0.15) is 0 Å².